The van der Waals surface area contributed by atoms with Crippen molar-refractivity contribution < 1.29 is 0 Å². The normalized spacial score (nSPS) is 11.2. The Morgan fingerprint density at radius 3 is 3.00 bits per heavy atom. The van der Waals surface area contributed by atoms with Crippen LogP contribution in [0.1, 0.15) is 11.4 Å². The molecule has 0 aliphatic rings. The Morgan fingerprint density at radius 2 is 2.25 bits per heavy atom. The minimum Gasteiger partial charge on any atom is -0.341 e. The molecule has 0 amide bonds. The van der Waals surface area contributed by atoms with E-state index in [1.807, 2.05) is 45.5 Å². The molecule has 0 saturated carbocycles. The highest BCUT2D eigenvalue weighted by atomic mass is 15.1. The first-order valence-electron chi connectivity index (χ1n) is 5.33. The summed E-state index contributed by atoms with van der Waals surface area (Å²) in [6, 6.07) is 6.16. The maximum Gasteiger partial charge on any atom is 0.310 e. The molecule has 2 aromatic heterocycles. The van der Waals surface area contributed by atoms with Crippen LogP contribution < -0.4 is 5.23 Å². The number of hydrogen-bond donors (Lipinski definition) is 1. The zero-order chi connectivity index (χ0) is 11.5. The van der Waals surface area contributed by atoms with Gasteiger partial charge in [0.15, 0.2) is 0 Å². The van der Waals surface area contributed by atoms with Gasteiger partial charge in [-0.1, -0.05) is 6.07 Å². The summed E-state index contributed by atoms with van der Waals surface area (Å²) in [5, 5.41) is 3.25. The molecule has 0 aromatic carbocycles. The van der Waals surface area contributed by atoms with Gasteiger partial charge >= 0.3 is 7.55 Å². The lowest BCUT2D eigenvalue weighted by Crippen LogP contribution is -2.32. The van der Waals surface area contributed by atoms with E-state index in [-0.39, 0.29) is 0 Å². The molecule has 0 unspecified atom stereocenters. The third-order valence-electron chi connectivity index (χ3n) is 2.33. The summed E-state index contributed by atoms with van der Waals surface area (Å²) in [4.78, 5) is 6.42. The summed E-state index contributed by atoms with van der Waals surface area (Å²) in [6.07, 6.45) is 2.06. The first-order chi connectivity index (χ1) is 7.66. The van der Waals surface area contributed by atoms with Gasteiger partial charge in [0.1, 0.15) is 5.65 Å². The van der Waals surface area contributed by atoms with Gasteiger partial charge in [0.25, 0.3) is 0 Å². The molecule has 0 saturated heterocycles. The van der Waals surface area contributed by atoms with E-state index in [1.54, 1.807) is 0 Å². The third-order valence-corrected chi connectivity index (χ3v) is 2.33. The molecule has 0 bridgehead atoms. The number of aryl methyl sites for hydroxylation is 1. The van der Waals surface area contributed by atoms with Gasteiger partial charge in [-0.15, -0.1) is 0 Å². The van der Waals surface area contributed by atoms with Gasteiger partial charge in [0.2, 0.25) is 0 Å². The van der Waals surface area contributed by atoms with Crippen LogP contribution in [0.5, 0.6) is 0 Å². The van der Waals surface area contributed by atoms with Crippen LogP contribution in [0.25, 0.3) is 5.65 Å². The van der Waals surface area contributed by atoms with Crippen molar-refractivity contribution in [3.63, 3.8) is 0 Å². The Hall–Kier alpha value is -1.33. The zero-order valence-electron chi connectivity index (χ0n) is 9.94. The van der Waals surface area contributed by atoms with Gasteiger partial charge in [-0.05, 0) is 33.2 Å². The molecule has 4 nitrogen and oxygen atoms in total. The molecule has 83 valence electrons. The van der Waals surface area contributed by atoms with Crippen molar-refractivity contribution in [1.29, 1.82) is 0 Å². The third kappa shape index (κ3) is 2.43. The van der Waals surface area contributed by atoms with Crippen molar-refractivity contribution in [3.05, 3.63) is 35.8 Å². The molecule has 0 aliphatic carbocycles. The predicted molar refractivity (Wildman–Crippen MR) is 66.2 cm³/mol. The Bertz CT molecular complexity index is 478. The number of nitrogens with zero attached hydrogens (tertiary/aromatic N) is 3. The van der Waals surface area contributed by atoms with E-state index in [9.17, 15) is 0 Å². The van der Waals surface area contributed by atoms with Gasteiger partial charge in [0.05, 0.1) is 5.69 Å². The van der Waals surface area contributed by atoms with Gasteiger partial charge < -0.3 is 14.4 Å². The standard InChI is InChI=1S/C11H16BN4/c1-9-8-16-10(7-13-12-15(2)3)5-4-6-11(16)14-9/h4-6,8,13H,7H2,1-3H3. The average molecular weight is 215 g/mol. The number of aromatic nitrogens is 2. The molecule has 0 fully saturated rings. The molecule has 0 atom stereocenters. The second kappa shape index (κ2) is 4.68. The lowest BCUT2D eigenvalue weighted by molar-refractivity contribution is 0.636. The van der Waals surface area contributed by atoms with E-state index in [2.05, 4.69) is 26.9 Å². The highest BCUT2D eigenvalue weighted by Gasteiger charge is 2.02. The van der Waals surface area contributed by atoms with Crippen molar-refractivity contribution >= 4 is 13.2 Å². The summed E-state index contributed by atoms with van der Waals surface area (Å²) in [6.45, 7) is 2.81. The van der Waals surface area contributed by atoms with Crippen molar-refractivity contribution in [2.24, 2.45) is 0 Å². The van der Waals surface area contributed by atoms with Gasteiger partial charge in [-0.2, -0.15) is 0 Å². The lowest BCUT2D eigenvalue weighted by Gasteiger charge is -2.10. The Balaban J connectivity index is 2.17. The minimum absolute atomic E-state index is 0.797. The van der Waals surface area contributed by atoms with Crippen LogP contribution in [0.3, 0.4) is 0 Å². The van der Waals surface area contributed by atoms with E-state index in [0.29, 0.717) is 0 Å². The fourth-order valence-corrected chi connectivity index (χ4v) is 1.67. The number of hydrogen-bond acceptors (Lipinski definition) is 3. The van der Waals surface area contributed by atoms with Gasteiger partial charge in [-0.25, -0.2) is 4.98 Å². The van der Waals surface area contributed by atoms with Crippen molar-refractivity contribution in [1.82, 2.24) is 19.4 Å². The first kappa shape index (κ1) is 11.2. The van der Waals surface area contributed by atoms with Crippen LogP contribution >= 0.6 is 0 Å². The molecule has 2 aromatic rings. The van der Waals surface area contributed by atoms with Crippen LogP contribution in [0.15, 0.2) is 24.4 Å². The van der Waals surface area contributed by atoms with Crippen LogP contribution in [-0.2, 0) is 6.54 Å². The highest BCUT2D eigenvalue weighted by Crippen LogP contribution is 2.08. The van der Waals surface area contributed by atoms with Gasteiger partial charge in [0, 0.05) is 18.4 Å². The summed E-state index contributed by atoms with van der Waals surface area (Å²) < 4.78 is 2.12. The number of pyridine rings is 1. The predicted octanol–water partition coefficient (Wildman–Crippen LogP) is 0.828. The Kier molecular flexibility index (Phi) is 3.26. The largest absolute Gasteiger partial charge is 0.341 e. The van der Waals surface area contributed by atoms with Crippen LogP contribution in [-0.4, -0.2) is 35.8 Å². The molecule has 5 heteroatoms. The van der Waals surface area contributed by atoms with Crippen molar-refractivity contribution in [3.8, 4) is 0 Å². The Morgan fingerprint density at radius 1 is 1.44 bits per heavy atom. The monoisotopic (exact) mass is 215 g/mol. The number of rotatable bonds is 4. The van der Waals surface area contributed by atoms with E-state index >= 15 is 0 Å². The van der Waals surface area contributed by atoms with E-state index in [1.165, 1.54) is 5.69 Å². The van der Waals surface area contributed by atoms with Crippen LogP contribution in [0.2, 0.25) is 0 Å². The number of fused-ring (bicyclic) bond motifs is 1. The van der Waals surface area contributed by atoms with Crippen LogP contribution in [0.4, 0.5) is 0 Å². The van der Waals surface area contributed by atoms with Crippen LogP contribution in [0, 0.1) is 6.92 Å². The molecule has 2 heterocycles. The topological polar surface area (TPSA) is 32.6 Å². The average Bonchev–Trinajstić information content (AvgIpc) is 2.58. The van der Waals surface area contributed by atoms with E-state index < -0.39 is 0 Å². The Labute approximate surface area is 96.6 Å². The molecule has 0 spiro atoms. The molecular formula is C11H16BN4. The maximum atomic E-state index is 4.43. The summed E-state index contributed by atoms with van der Waals surface area (Å²) in [5.41, 5.74) is 3.25. The fraction of sp³-hybridized carbons (Fsp3) is 0.364. The van der Waals surface area contributed by atoms with Crippen molar-refractivity contribution in [2.75, 3.05) is 14.1 Å². The fourth-order valence-electron chi connectivity index (χ4n) is 1.67. The second-order valence-electron chi connectivity index (χ2n) is 4.10. The first-order valence-corrected chi connectivity index (χ1v) is 5.33. The SMILES string of the molecule is Cc1cn2c(CN[B]N(C)C)cccc2n1. The molecule has 1 radical (unpaired) electrons. The summed E-state index contributed by atoms with van der Waals surface area (Å²) in [5.74, 6) is 0. The van der Waals surface area contributed by atoms with E-state index in [0.717, 1.165) is 17.9 Å². The lowest BCUT2D eigenvalue weighted by atomic mass is 10.1. The zero-order valence-corrected chi connectivity index (χ0v) is 9.94. The van der Waals surface area contributed by atoms with Gasteiger partial charge in [-0.3, -0.25) is 0 Å². The minimum atomic E-state index is 0.797. The smallest absolute Gasteiger partial charge is 0.310 e. The quantitative estimate of drug-likeness (QED) is 0.766. The molecular weight excluding hydrogens is 199 g/mol. The summed E-state index contributed by atoms with van der Waals surface area (Å²) in [7, 11) is 5.94. The number of imidazole rings is 1. The molecule has 0 aliphatic heterocycles. The highest BCUT2D eigenvalue weighted by molar-refractivity contribution is 6.28. The van der Waals surface area contributed by atoms with E-state index in [4.69, 9.17) is 0 Å². The molecule has 16 heavy (non-hydrogen) atoms. The molecule has 2 rings (SSSR count). The summed E-state index contributed by atoms with van der Waals surface area (Å²) >= 11 is 0. The van der Waals surface area contributed by atoms with Crippen molar-refractivity contribution in [2.45, 2.75) is 13.5 Å². The second-order valence-corrected chi connectivity index (χ2v) is 4.10. The number of nitrogens with one attached hydrogen (secondary N) is 1. The molecule has 1 N–H and O–H groups in total. The maximum absolute atomic E-state index is 4.43.